The summed E-state index contributed by atoms with van der Waals surface area (Å²) in [7, 11) is 1.60. The fourth-order valence-corrected chi connectivity index (χ4v) is 1.33. The molecule has 84 valence electrons. The predicted molar refractivity (Wildman–Crippen MR) is 61.1 cm³/mol. The van der Waals surface area contributed by atoms with Gasteiger partial charge in [0.2, 0.25) is 5.95 Å². The molecule has 0 bridgehead atoms. The highest BCUT2D eigenvalue weighted by molar-refractivity contribution is 5.54. The van der Waals surface area contributed by atoms with E-state index in [1.54, 1.807) is 7.11 Å². The lowest BCUT2D eigenvalue weighted by Crippen LogP contribution is -2.09. The third-order valence-electron chi connectivity index (χ3n) is 2.08. The van der Waals surface area contributed by atoms with Crippen molar-refractivity contribution in [3.05, 3.63) is 5.69 Å². The van der Waals surface area contributed by atoms with E-state index in [1.807, 2.05) is 6.92 Å². The molecule has 0 saturated heterocycles. The molecule has 0 aliphatic heterocycles. The molecule has 0 spiro atoms. The van der Waals surface area contributed by atoms with Crippen LogP contribution in [0.4, 0.5) is 11.8 Å². The van der Waals surface area contributed by atoms with Gasteiger partial charge in [-0.25, -0.2) is 4.98 Å². The lowest BCUT2D eigenvalue weighted by atomic mass is 10.3. The van der Waals surface area contributed by atoms with E-state index >= 15 is 0 Å². The number of unbranched alkanes of at least 4 members (excludes halogenated alkanes) is 1. The minimum absolute atomic E-state index is 0.271. The Morgan fingerprint density at radius 3 is 2.73 bits per heavy atom. The van der Waals surface area contributed by atoms with Crippen molar-refractivity contribution < 1.29 is 4.74 Å². The van der Waals surface area contributed by atoms with E-state index in [0.717, 1.165) is 25.1 Å². The van der Waals surface area contributed by atoms with Crippen LogP contribution in [-0.4, -0.2) is 23.6 Å². The van der Waals surface area contributed by atoms with Gasteiger partial charge in [0.1, 0.15) is 0 Å². The zero-order valence-corrected chi connectivity index (χ0v) is 9.50. The van der Waals surface area contributed by atoms with Crippen molar-refractivity contribution in [3.8, 4) is 5.75 Å². The van der Waals surface area contributed by atoms with Gasteiger partial charge in [0.15, 0.2) is 11.6 Å². The molecule has 0 amide bonds. The normalized spacial score (nSPS) is 10.1. The Kier molecular flexibility index (Phi) is 4.15. The molecule has 5 heteroatoms. The molecule has 15 heavy (non-hydrogen) atoms. The molecule has 0 saturated carbocycles. The maximum absolute atomic E-state index is 5.57. The summed E-state index contributed by atoms with van der Waals surface area (Å²) in [6.07, 6.45) is 2.22. The van der Waals surface area contributed by atoms with Gasteiger partial charge < -0.3 is 15.8 Å². The van der Waals surface area contributed by atoms with Crippen molar-refractivity contribution in [2.75, 3.05) is 24.7 Å². The van der Waals surface area contributed by atoms with Gasteiger partial charge in [-0.05, 0) is 13.3 Å². The molecule has 1 heterocycles. The summed E-state index contributed by atoms with van der Waals surface area (Å²) in [4.78, 5) is 8.14. The van der Waals surface area contributed by atoms with E-state index in [2.05, 4.69) is 22.2 Å². The maximum atomic E-state index is 5.57. The van der Waals surface area contributed by atoms with Gasteiger partial charge in [0.25, 0.3) is 0 Å². The number of aryl methyl sites for hydroxylation is 1. The summed E-state index contributed by atoms with van der Waals surface area (Å²) in [6, 6.07) is 0. The average molecular weight is 210 g/mol. The van der Waals surface area contributed by atoms with Crippen LogP contribution in [0.5, 0.6) is 5.75 Å². The highest BCUT2D eigenvalue weighted by Gasteiger charge is 2.09. The molecule has 0 atom stereocenters. The van der Waals surface area contributed by atoms with Crippen molar-refractivity contribution in [1.82, 2.24) is 9.97 Å². The molecule has 0 aromatic carbocycles. The fourth-order valence-electron chi connectivity index (χ4n) is 1.33. The maximum Gasteiger partial charge on any atom is 0.222 e. The van der Waals surface area contributed by atoms with Crippen molar-refractivity contribution in [3.63, 3.8) is 0 Å². The Morgan fingerprint density at radius 1 is 1.40 bits per heavy atom. The van der Waals surface area contributed by atoms with Gasteiger partial charge in [-0.1, -0.05) is 13.3 Å². The van der Waals surface area contributed by atoms with Crippen LogP contribution in [0.15, 0.2) is 0 Å². The van der Waals surface area contributed by atoms with E-state index in [4.69, 9.17) is 10.5 Å². The number of methoxy groups -OCH3 is 1. The van der Waals surface area contributed by atoms with Crippen LogP contribution in [0.3, 0.4) is 0 Å². The number of rotatable bonds is 5. The molecule has 0 fully saturated rings. The van der Waals surface area contributed by atoms with Gasteiger partial charge >= 0.3 is 0 Å². The number of nitrogens with zero attached hydrogens (tertiary/aromatic N) is 2. The molecule has 0 radical (unpaired) electrons. The van der Waals surface area contributed by atoms with Gasteiger partial charge in [-0.15, -0.1) is 0 Å². The van der Waals surface area contributed by atoms with E-state index in [1.165, 1.54) is 0 Å². The van der Waals surface area contributed by atoms with Gasteiger partial charge in [-0.3, -0.25) is 0 Å². The summed E-state index contributed by atoms with van der Waals surface area (Å²) < 4.78 is 5.22. The second-order valence-electron chi connectivity index (χ2n) is 3.33. The first-order valence-electron chi connectivity index (χ1n) is 5.11. The number of anilines is 2. The van der Waals surface area contributed by atoms with Crippen LogP contribution in [0.25, 0.3) is 0 Å². The lowest BCUT2D eigenvalue weighted by molar-refractivity contribution is 0.409. The largest absolute Gasteiger partial charge is 0.491 e. The van der Waals surface area contributed by atoms with E-state index in [-0.39, 0.29) is 5.95 Å². The van der Waals surface area contributed by atoms with E-state index in [9.17, 15) is 0 Å². The fraction of sp³-hybridized carbons (Fsp3) is 0.600. The van der Waals surface area contributed by atoms with E-state index < -0.39 is 0 Å². The van der Waals surface area contributed by atoms with Crippen LogP contribution in [0.2, 0.25) is 0 Å². The average Bonchev–Trinajstić information content (AvgIpc) is 2.17. The zero-order chi connectivity index (χ0) is 11.3. The Bertz CT molecular complexity index is 327. The van der Waals surface area contributed by atoms with Crippen molar-refractivity contribution in [2.24, 2.45) is 0 Å². The second kappa shape index (κ2) is 5.38. The number of hydrogen-bond acceptors (Lipinski definition) is 5. The van der Waals surface area contributed by atoms with Crippen molar-refractivity contribution in [1.29, 1.82) is 0 Å². The zero-order valence-electron chi connectivity index (χ0n) is 9.50. The first-order chi connectivity index (χ1) is 7.19. The number of hydrogen-bond donors (Lipinski definition) is 2. The molecular formula is C10H18N4O. The molecule has 1 rings (SSSR count). The molecule has 0 unspecified atom stereocenters. The highest BCUT2D eigenvalue weighted by Crippen LogP contribution is 2.25. The Morgan fingerprint density at radius 2 is 2.13 bits per heavy atom. The van der Waals surface area contributed by atoms with Gasteiger partial charge in [0, 0.05) is 6.54 Å². The number of nitrogens with two attached hydrogens (primary N) is 1. The summed E-state index contributed by atoms with van der Waals surface area (Å²) in [5.41, 5.74) is 6.32. The predicted octanol–water partition coefficient (Wildman–Crippen LogP) is 1.59. The standard InChI is InChI=1S/C10H18N4O/c1-4-5-6-12-9-8(15-3)7(2)13-10(11)14-9/h4-6H2,1-3H3,(H3,11,12,13,14). The molecule has 5 nitrogen and oxygen atoms in total. The van der Waals surface area contributed by atoms with Crippen molar-refractivity contribution >= 4 is 11.8 Å². The minimum atomic E-state index is 0.271. The molecular weight excluding hydrogens is 192 g/mol. The summed E-state index contributed by atoms with van der Waals surface area (Å²) >= 11 is 0. The SMILES string of the molecule is CCCCNc1nc(N)nc(C)c1OC. The molecule has 3 N–H and O–H groups in total. The number of nitrogens with one attached hydrogen (secondary N) is 1. The summed E-state index contributed by atoms with van der Waals surface area (Å²) in [5, 5.41) is 3.19. The third kappa shape index (κ3) is 2.97. The molecule has 1 aromatic heterocycles. The molecule has 0 aliphatic rings. The van der Waals surface area contributed by atoms with Gasteiger partial charge in [0.05, 0.1) is 12.8 Å². The summed E-state index contributed by atoms with van der Waals surface area (Å²) in [6.45, 7) is 4.85. The number of aromatic nitrogens is 2. The Hall–Kier alpha value is -1.52. The van der Waals surface area contributed by atoms with Crippen LogP contribution in [0.1, 0.15) is 25.5 Å². The smallest absolute Gasteiger partial charge is 0.222 e. The van der Waals surface area contributed by atoms with Gasteiger partial charge in [-0.2, -0.15) is 4.98 Å². The first kappa shape index (κ1) is 11.6. The molecule has 1 aromatic rings. The highest BCUT2D eigenvalue weighted by atomic mass is 16.5. The van der Waals surface area contributed by atoms with Crippen LogP contribution >= 0.6 is 0 Å². The quantitative estimate of drug-likeness (QED) is 0.722. The topological polar surface area (TPSA) is 73.1 Å². The van der Waals surface area contributed by atoms with Crippen LogP contribution in [-0.2, 0) is 0 Å². The summed E-state index contributed by atoms with van der Waals surface area (Å²) in [5.74, 6) is 1.61. The third-order valence-corrected chi connectivity index (χ3v) is 2.08. The number of ether oxygens (including phenoxy) is 1. The minimum Gasteiger partial charge on any atom is -0.491 e. The monoisotopic (exact) mass is 210 g/mol. The van der Waals surface area contributed by atoms with E-state index in [0.29, 0.717) is 11.6 Å². The van der Waals surface area contributed by atoms with Crippen LogP contribution in [0, 0.1) is 6.92 Å². The van der Waals surface area contributed by atoms with Crippen LogP contribution < -0.4 is 15.8 Å². The number of nitrogen functional groups attached to an aromatic ring is 1. The van der Waals surface area contributed by atoms with Crippen molar-refractivity contribution in [2.45, 2.75) is 26.7 Å². The molecule has 0 aliphatic carbocycles. The Balaban J connectivity index is 2.84. The first-order valence-corrected chi connectivity index (χ1v) is 5.11. The Labute approximate surface area is 90.1 Å². The lowest BCUT2D eigenvalue weighted by Gasteiger charge is -2.11. The second-order valence-corrected chi connectivity index (χ2v) is 3.33.